The minimum Gasteiger partial charge on any atom is -0.451 e. The Labute approximate surface area is 178 Å². The summed E-state index contributed by atoms with van der Waals surface area (Å²) in [5, 5.41) is 0.506. The Morgan fingerprint density at radius 2 is 1.45 bits per heavy atom. The normalized spacial score (nSPS) is 14.3. The molecular weight excluding hydrogens is 443 g/mol. The highest BCUT2D eigenvalue weighted by molar-refractivity contribution is 6.30. The van der Waals surface area contributed by atoms with E-state index < -0.39 is 40.7 Å². The van der Waals surface area contributed by atoms with Gasteiger partial charge in [-0.1, -0.05) is 23.7 Å². The first-order chi connectivity index (χ1) is 14.8. The molecule has 2 heterocycles. The average Bonchev–Trinajstić information content (AvgIpc) is 3.27. The van der Waals surface area contributed by atoms with Gasteiger partial charge in [-0.05, 0) is 24.3 Å². The van der Waals surface area contributed by atoms with Crippen molar-refractivity contribution in [1.82, 2.24) is 4.90 Å². The molecule has 0 atom stereocenters. The molecule has 3 aromatic rings. The van der Waals surface area contributed by atoms with Crippen LogP contribution in [0.3, 0.4) is 0 Å². The molecule has 0 bridgehead atoms. The Morgan fingerprint density at radius 1 is 0.839 bits per heavy atom. The summed E-state index contributed by atoms with van der Waals surface area (Å²) in [5.41, 5.74) is -0.313. The molecule has 4 nitrogen and oxygen atoms in total. The average molecular weight is 457 g/mol. The number of rotatable bonds is 3. The van der Waals surface area contributed by atoms with Gasteiger partial charge in [-0.15, -0.1) is 0 Å². The van der Waals surface area contributed by atoms with Gasteiger partial charge in [0.2, 0.25) is 5.82 Å². The number of carbonyl (C=O) groups excluding carboxylic acids is 1. The molecule has 1 fully saturated rings. The molecule has 1 aliphatic heterocycles. The Kier molecular flexibility index (Phi) is 5.62. The van der Waals surface area contributed by atoms with Crippen molar-refractivity contribution >= 4 is 23.2 Å². The minimum absolute atomic E-state index is 0.00548. The molecule has 162 valence electrons. The molecule has 1 aromatic heterocycles. The number of anilines is 1. The third-order valence-electron chi connectivity index (χ3n) is 5.00. The second-order valence-corrected chi connectivity index (χ2v) is 7.31. The van der Waals surface area contributed by atoms with Crippen LogP contribution >= 0.6 is 11.6 Å². The molecule has 2 aromatic carbocycles. The summed E-state index contributed by atoms with van der Waals surface area (Å²) in [6.45, 7) is -0.227. The van der Waals surface area contributed by atoms with Gasteiger partial charge in [-0.2, -0.15) is 0 Å². The molecule has 0 unspecified atom stereocenters. The molecule has 1 amide bonds. The highest BCUT2D eigenvalue weighted by atomic mass is 35.5. The van der Waals surface area contributed by atoms with Gasteiger partial charge < -0.3 is 14.2 Å². The number of piperazine rings is 1. The van der Waals surface area contributed by atoms with Crippen LogP contribution in [0.5, 0.6) is 0 Å². The third kappa shape index (κ3) is 3.85. The van der Waals surface area contributed by atoms with Crippen LogP contribution in [0.4, 0.5) is 27.6 Å². The van der Waals surface area contributed by atoms with E-state index in [2.05, 4.69) is 0 Å². The highest BCUT2D eigenvalue weighted by Crippen LogP contribution is 2.31. The summed E-state index contributed by atoms with van der Waals surface area (Å²) in [7, 11) is 0. The molecule has 31 heavy (non-hydrogen) atoms. The number of nitrogens with zero attached hydrogens (tertiary/aromatic N) is 2. The van der Waals surface area contributed by atoms with Gasteiger partial charge in [0, 0.05) is 36.8 Å². The standard InChI is InChI=1S/C21H14ClF5N2O2/c22-12-3-1-2-11(10-12)13-4-5-14(31-13)21(30)29-8-6-28(7-9-29)20-18(26)16(24)15(23)17(25)19(20)27/h1-5,10H,6-9H2. The first-order valence-electron chi connectivity index (χ1n) is 9.19. The third-order valence-corrected chi connectivity index (χ3v) is 5.23. The Hall–Kier alpha value is -3.07. The maximum Gasteiger partial charge on any atom is 0.289 e. The van der Waals surface area contributed by atoms with Crippen molar-refractivity contribution in [3.8, 4) is 11.3 Å². The summed E-state index contributed by atoms with van der Waals surface area (Å²) in [6, 6.07) is 9.99. The Morgan fingerprint density at radius 3 is 2.06 bits per heavy atom. The van der Waals surface area contributed by atoms with E-state index in [1.54, 1.807) is 30.3 Å². The van der Waals surface area contributed by atoms with Crippen LogP contribution in [-0.4, -0.2) is 37.0 Å². The molecule has 0 spiro atoms. The molecule has 0 saturated carbocycles. The number of hydrogen-bond acceptors (Lipinski definition) is 3. The first-order valence-corrected chi connectivity index (χ1v) is 9.57. The van der Waals surface area contributed by atoms with E-state index in [1.165, 1.54) is 11.0 Å². The lowest BCUT2D eigenvalue weighted by atomic mass is 10.2. The monoisotopic (exact) mass is 456 g/mol. The van der Waals surface area contributed by atoms with Crippen molar-refractivity contribution < 1.29 is 31.2 Å². The summed E-state index contributed by atoms with van der Waals surface area (Å²) in [6.07, 6.45) is 0. The lowest BCUT2D eigenvalue weighted by Crippen LogP contribution is -2.49. The maximum atomic E-state index is 14.0. The maximum absolute atomic E-state index is 14.0. The van der Waals surface area contributed by atoms with Crippen molar-refractivity contribution in [2.75, 3.05) is 31.1 Å². The van der Waals surface area contributed by atoms with Gasteiger partial charge in [0.25, 0.3) is 5.91 Å². The zero-order valence-corrected chi connectivity index (χ0v) is 16.5. The SMILES string of the molecule is O=C(c1ccc(-c2cccc(Cl)c2)o1)N1CCN(c2c(F)c(F)c(F)c(F)c2F)CC1. The van der Waals surface area contributed by atoms with Gasteiger partial charge in [0.05, 0.1) is 0 Å². The topological polar surface area (TPSA) is 36.7 Å². The van der Waals surface area contributed by atoms with E-state index in [-0.39, 0.29) is 31.9 Å². The lowest BCUT2D eigenvalue weighted by molar-refractivity contribution is 0.0715. The van der Waals surface area contributed by atoms with Gasteiger partial charge in [-0.3, -0.25) is 4.79 Å². The highest BCUT2D eigenvalue weighted by Gasteiger charge is 2.32. The van der Waals surface area contributed by atoms with E-state index in [9.17, 15) is 26.7 Å². The first kappa shape index (κ1) is 21.2. The van der Waals surface area contributed by atoms with Crippen LogP contribution in [0, 0.1) is 29.1 Å². The molecule has 4 rings (SSSR count). The fourth-order valence-corrected chi connectivity index (χ4v) is 3.60. The van der Waals surface area contributed by atoms with Crippen LogP contribution < -0.4 is 4.90 Å². The van der Waals surface area contributed by atoms with Crippen molar-refractivity contribution in [3.63, 3.8) is 0 Å². The van der Waals surface area contributed by atoms with Gasteiger partial charge in [-0.25, -0.2) is 22.0 Å². The number of benzene rings is 2. The van der Waals surface area contributed by atoms with Crippen LogP contribution in [0.15, 0.2) is 40.8 Å². The molecule has 0 radical (unpaired) electrons. The van der Waals surface area contributed by atoms with E-state index in [1.807, 2.05) is 0 Å². The van der Waals surface area contributed by atoms with Gasteiger partial charge in [0.15, 0.2) is 29.0 Å². The largest absolute Gasteiger partial charge is 0.451 e. The van der Waals surface area contributed by atoms with Crippen LogP contribution in [0.25, 0.3) is 11.3 Å². The van der Waals surface area contributed by atoms with E-state index in [0.29, 0.717) is 16.3 Å². The zero-order valence-electron chi connectivity index (χ0n) is 15.8. The number of carbonyl (C=O) groups is 1. The van der Waals surface area contributed by atoms with Crippen LogP contribution in [-0.2, 0) is 0 Å². The predicted octanol–water partition coefficient (Wildman–Crippen LogP) is 5.26. The summed E-state index contributed by atoms with van der Waals surface area (Å²) < 4.78 is 73.9. The fraction of sp³-hybridized carbons (Fsp3) is 0.190. The van der Waals surface area contributed by atoms with Crippen molar-refractivity contribution in [2.45, 2.75) is 0 Å². The quantitative estimate of drug-likeness (QED) is 0.306. The second kappa shape index (κ2) is 8.22. The number of amides is 1. The summed E-state index contributed by atoms with van der Waals surface area (Å²) in [4.78, 5) is 15.1. The fourth-order valence-electron chi connectivity index (χ4n) is 3.41. The molecule has 0 N–H and O–H groups in total. The van der Waals surface area contributed by atoms with Crippen LogP contribution in [0.2, 0.25) is 5.02 Å². The smallest absolute Gasteiger partial charge is 0.289 e. The molecule has 1 aliphatic rings. The predicted molar refractivity (Wildman–Crippen MR) is 104 cm³/mol. The van der Waals surface area contributed by atoms with E-state index in [0.717, 1.165) is 4.90 Å². The zero-order chi connectivity index (χ0) is 22.3. The number of halogens is 6. The molecule has 0 aliphatic carbocycles. The van der Waals surface area contributed by atoms with Crippen molar-refractivity contribution in [1.29, 1.82) is 0 Å². The molecule has 10 heteroatoms. The molecule has 1 saturated heterocycles. The second-order valence-electron chi connectivity index (χ2n) is 6.87. The molecular formula is C21H14ClF5N2O2. The van der Waals surface area contributed by atoms with Gasteiger partial charge in [0.1, 0.15) is 11.4 Å². The van der Waals surface area contributed by atoms with Gasteiger partial charge >= 0.3 is 0 Å². The number of hydrogen-bond donors (Lipinski definition) is 0. The Bertz CT molecular complexity index is 1130. The van der Waals surface area contributed by atoms with E-state index >= 15 is 0 Å². The van der Waals surface area contributed by atoms with Crippen molar-refractivity contribution in [2.24, 2.45) is 0 Å². The van der Waals surface area contributed by atoms with Crippen molar-refractivity contribution in [3.05, 3.63) is 76.3 Å². The summed E-state index contributed by atoms with van der Waals surface area (Å²) in [5.74, 6) is -9.97. The van der Waals surface area contributed by atoms with E-state index in [4.69, 9.17) is 16.0 Å². The van der Waals surface area contributed by atoms with Crippen LogP contribution in [0.1, 0.15) is 10.6 Å². The lowest BCUT2D eigenvalue weighted by Gasteiger charge is -2.36. The minimum atomic E-state index is -2.21. The number of furan rings is 1. The summed E-state index contributed by atoms with van der Waals surface area (Å²) >= 11 is 5.96. The Balaban J connectivity index is 1.48.